The van der Waals surface area contributed by atoms with E-state index in [9.17, 15) is 0 Å². The third-order valence-corrected chi connectivity index (χ3v) is 3.56. The lowest BCUT2D eigenvalue weighted by Gasteiger charge is -2.01. The van der Waals surface area contributed by atoms with Crippen LogP contribution in [0.5, 0.6) is 0 Å². The van der Waals surface area contributed by atoms with Crippen molar-refractivity contribution in [3.8, 4) is 11.3 Å². The van der Waals surface area contributed by atoms with Crippen molar-refractivity contribution in [1.82, 2.24) is 4.98 Å². The Morgan fingerprint density at radius 2 is 1.62 bits per heavy atom. The Morgan fingerprint density at radius 1 is 0.952 bits per heavy atom. The van der Waals surface area contributed by atoms with Crippen LogP contribution in [0.4, 0.5) is 0 Å². The van der Waals surface area contributed by atoms with Gasteiger partial charge in [0.15, 0.2) is 0 Å². The van der Waals surface area contributed by atoms with Gasteiger partial charge < -0.3 is 16.1 Å². The van der Waals surface area contributed by atoms with Crippen molar-refractivity contribution in [3.63, 3.8) is 0 Å². The van der Waals surface area contributed by atoms with E-state index in [1.54, 1.807) is 6.92 Å². The van der Waals surface area contributed by atoms with Crippen molar-refractivity contribution in [1.29, 1.82) is 10.8 Å². The summed E-state index contributed by atoms with van der Waals surface area (Å²) in [5, 5.41) is 16.2. The zero-order chi connectivity index (χ0) is 15.0. The maximum absolute atomic E-state index is 7.70. The third-order valence-electron chi connectivity index (χ3n) is 3.56. The van der Waals surface area contributed by atoms with Crippen molar-refractivity contribution >= 4 is 22.5 Å². The van der Waals surface area contributed by atoms with E-state index in [1.807, 2.05) is 42.5 Å². The summed E-state index contributed by atoms with van der Waals surface area (Å²) in [4.78, 5) is 3.37. The van der Waals surface area contributed by atoms with E-state index in [0.717, 1.165) is 33.3 Å². The second-order valence-corrected chi connectivity index (χ2v) is 5.10. The van der Waals surface area contributed by atoms with Crippen molar-refractivity contribution in [2.45, 2.75) is 6.92 Å². The molecule has 0 bridgehead atoms. The van der Waals surface area contributed by atoms with Crippen LogP contribution in [0.25, 0.3) is 22.2 Å². The molecule has 0 saturated carbocycles. The standard InChI is InChI=1S/C17H16N4/c1-10(18)13-6-7-14-9-15(21-16(14)8-13)11-2-4-12(5-3-11)17(19)20/h2-9,18,21H,1H3,(H3,19,20). The van der Waals surface area contributed by atoms with Gasteiger partial charge in [-0.05, 0) is 30.2 Å². The van der Waals surface area contributed by atoms with E-state index >= 15 is 0 Å². The molecule has 3 aromatic rings. The van der Waals surface area contributed by atoms with Gasteiger partial charge in [0.05, 0.1) is 0 Å². The van der Waals surface area contributed by atoms with Gasteiger partial charge in [-0.3, -0.25) is 5.41 Å². The first-order valence-electron chi connectivity index (χ1n) is 6.68. The maximum Gasteiger partial charge on any atom is 0.122 e. The molecular weight excluding hydrogens is 260 g/mol. The molecule has 0 aliphatic carbocycles. The average Bonchev–Trinajstić information content (AvgIpc) is 2.90. The SMILES string of the molecule is CC(=N)c1ccc2cc(-c3ccc(C(=N)N)cc3)[nH]c2c1. The molecule has 0 aliphatic heterocycles. The van der Waals surface area contributed by atoms with Gasteiger partial charge in [0.2, 0.25) is 0 Å². The highest BCUT2D eigenvalue weighted by Gasteiger charge is 2.05. The number of nitrogens with one attached hydrogen (secondary N) is 3. The number of fused-ring (bicyclic) bond motifs is 1. The molecular formula is C17H16N4. The average molecular weight is 276 g/mol. The fraction of sp³-hybridized carbons (Fsp3) is 0.0588. The second-order valence-electron chi connectivity index (χ2n) is 5.10. The first kappa shape index (κ1) is 13.1. The van der Waals surface area contributed by atoms with Crippen LogP contribution in [0.2, 0.25) is 0 Å². The van der Waals surface area contributed by atoms with E-state index in [1.165, 1.54) is 0 Å². The fourth-order valence-corrected chi connectivity index (χ4v) is 2.35. The summed E-state index contributed by atoms with van der Waals surface area (Å²) in [6, 6.07) is 15.6. The predicted molar refractivity (Wildman–Crippen MR) is 87.3 cm³/mol. The minimum atomic E-state index is 0.0734. The molecule has 0 radical (unpaired) electrons. The number of rotatable bonds is 3. The van der Waals surface area contributed by atoms with Gasteiger partial charge in [0, 0.05) is 27.9 Å². The van der Waals surface area contributed by atoms with E-state index in [4.69, 9.17) is 16.6 Å². The minimum absolute atomic E-state index is 0.0734. The molecule has 4 heteroatoms. The quantitative estimate of drug-likeness (QED) is 0.428. The van der Waals surface area contributed by atoms with Crippen LogP contribution in [0.15, 0.2) is 48.5 Å². The third kappa shape index (κ3) is 2.43. The molecule has 5 N–H and O–H groups in total. The maximum atomic E-state index is 7.70. The van der Waals surface area contributed by atoms with Gasteiger partial charge in [0.25, 0.3) is 0 Å². The Labute approximate surface area is 122 Å². The molecule has 0 amide bonds. The highest BCUT2D eigenvalue weighted by molar-refractivity contribution is 6.00. The molecule has 0 saturated heterocycles. The number of benzene rings is 2. The molecule has 104 valence electrons. The molecule has 1 aromatic heterocycles. The van der Waals surface area contributed by atoms with Gasteiger partial charge >= 0.3 is 0 Å². The highest BCUT2D eigenvalue weighted by atomic mass is 14.7. The van der Waals surface area contributed by atoms with Crippen LogP contribution in [-0.2, 0) is 0 Å². The molecule has 0 aliphatic rings. The normalized spacial score (nSPS) is 10.7. The molecule has 0 atom stereocenters. The Kier molecular flexibility index (Phi) is 3.06. The van der Waals surface area contributed by atoms with Gasteiger partial charge in [-0.25, -0.2) is 0 Å². The molecule has 4 nitrogen and oxygen atoms in total. The summed E-state index contributed by atoms with van der Waals surface area (Å²) >= 11 is 0. The van der Waals surface area contributed by atoms with E-state index in [0.29, 0.717) is 5.71 Å². The predicted octanol–water partition coefficient (Wildman–Crippen LogP) is 3.51. The van der Waals surface area contributed by atoms with Crippen molar-refractivity contribution < 1.29 is 0 Å². The molecule has 1 heterocycles. The number of H-pyrrole nitrogens is 1. The summed E-state index contributed by atoms with van der Waals surface area (Å²) in [5.74, 6) is 0.0734. The van der Waals surface area contributed by atoms with Crippen LogP contribution in [-0.4, -0.2) is 16.5 Å². The lowest BCUT2D eigenvalue weighted by Crippen LogP contribution is -2.10. The Morgan fingerprint density at radius 3 is 2.24 bits per heavy atom. The second kappa shape index (κ2) is 4.90. The molecule has 2 aromatic carbocycles. The van der Waals surface area contributed by atoms with Crippen LogP contribution >= 0.6 is 0 Å². The summed E-state index contributed by atoms with van der Waals surface area (Å²) in [6.45, 7) is 1.78. The number of hydrogen-bond acceptors (Lipinski definition) is 2. The lowest BCUT2D eigenvalue weighted by molar-refractivity contribution is 1.41. The van der Waals surface area contributed by atoms with Crippen LogP contribution < -0.4 is 5.73 Å². The molecule has 3 rings (SSSR count). The number of nitrogen functional groups attached to an aromatic ring is 1. The minimum Gasteiger partial charge on any atom is -0.384 e. The zero-order valence-electron chi connectivity index (χ0n) is 11.7. The van der Waals surface area contributed by atoms with Crippen LogP contribution in [0, 0.1) is 10.8 Å². The van der Waals surface area contributed by atoms with E-state index in [-0.39, 0.29) is 5.84 Å². The first-order chi connectivity index (χ1) is 10.0. The van der Waals surface area contributed by atoms with Crippen molar-refractivity contribution in [2.24, 2.45) is 5.73 Å². The number of nitrogens with two attached hydrogens (primary N) is 1. The number of amidine groups is 1. The van der Waals surface area contributed by atoms with Crippen molar-refractivity contribution in [3.05, 3.63) is 59.7 Å². The van der Waals surface area contributed by atoms with E-state index in [2.05, 4.69) is 11.1 Å². The summed E-state index contributed by atoms with van der Waals surface area (Å²) in [5.41, 5.74) is 10.7. The highest BCUT2D eigenvalue weighted by Crippen LogP contribution is 2.25. The van der Waals surface area contributed by atoms with Crippen molar-refractivity contribution in [2.75, 3.05) is 0 Å². The number of aromatic amines is 1. The van der Waals surface area contributed by atoms with Gasteiger partial charge in [-0.1, -0.05) is 36.4 Å². The van der Waals surface area contributed by atoms with Gasteiger partial charge in [-0.2, -0.15) is 0 Å². The topological polar surface area (TPSA) is 89.5 Å². The Hall–Kier alpha value is -2.88. The van der Waals surface area contributed by atoms with Gasteiger partial charge in [-0.15, -0.1) is 0 Å². The fourth-order valence-electron chi connectivity index (χ4n) is 2.35. The molecule has 0 spiro atoms. The van der Waals surface area contributed by atoms with Gasteiger partial charge in [0.1, 0.15) is 5.84 Å². The first-order valence-corrected chi connectivity index (χ1v) is 6.68. The monoisotopic (exact) mass is 276 g/mol. The summed E-state index contributed by atoms with van der Waals surface area (Å²) in [7, 11) is 0. The smallest absolute Gasteiger partial charge is 0.122 e. The Balaban J connectivity index is 2.04. The molecule has 0 fully saturated rings. The summed E-state index contributed by atoms with van der Waals surface area (Å²) in [6.07, 6.45) is 0. The summed E-state index contributed by atoms with van der Waals surface area (Å²) < 4.78 is 0. The lowest BCUT2D eigenvalue weighted by atomic mass is 10.1. The number of hydrogen-bond donors (Lipinski definition) is 4. The Bertz CT molecular complexity index is 841. The van der Waals surface area contributed by atoms with Crippen LogP contribution in [0.1, 0.15) is 18.1 Å². The van der Waals surface area contributed by atoms with E-state index < -0.39 is 0 Å². The van der Waals surface area contributed by atoms with Crippen LogP contribution in [0.3, 0.4) is 0 Å². The zero-order valence-corrected chi connectivity index (χ0v) is 11.7. The molecule has 0 unspecified atom stereocenters. The number of aromatic nitrogens is 1. The molecule has 21 heavy (non-hydrogen) atoms. The largest absolute Gasteiger partial charge is 0.384 e.